The molecule has 2 aliphatic rings. The molecule has 1 fully saturated rings. The topological polar surface area (TPSA) is 161 Å². The molecule has 49 heavy (non-hydrogen) atoms. The first-order valence-corrected chi connectivity index (χ1v) is 16.5. The Morgan fingerprint density at radius 3 is 2.55 bits per heavy atom. The molecule has 1 saturated heterocycles. The maximum absolute atomic E-state index is 13.8. The van der Waals surface area contributed by atoms with Crippen LogP contribution in [0.4, 0.5) is 11.4 Å². The predicted octanol–water partition coefficient (Wildman–Crippen LogP) is 4.39. The third-order valence-corrected chi connectivity index (χ3v) is 9.38. The average molecular weight is 677 g/mol. The van der Waals surface area contributed by atoms with Gasteiger partial charge in [-0.3, -0.25) is 24.6 Å². The van der Waals surface area contributed by atoms with Crippen molar-refractivity contribution in [1.29, 1.82) is 10.7 Å². The SMILES string of the molecule is CCN(C(=O)[C@@H]1CCN(CC(=O)N2CC=C(c3ccc(-c4ncn(C)n4)cc3)CC2)C1)c1ccc(N)c(C(=N)c2cnc(C#N)c(Cl)c2)c1. The van der Waals surface area contributed by atoms with Crippen LogP contribution in [-0.2, 0) is 16.6 Å². The molecule has 3 N–H and O–H groups in total. The lowest BCUT2D eigenvalue weighted by atomic mass is 9.98. The van der Waals surface area contributed by atoms with E-state index in [1.807, 2.05) is 37.1 Å². The average Bonchev–Trinajstić information content (AvgIpc) is 3.78. The largest absolute Gasteiger partial charge is 0.398 e. The number of aryl methyl sites for hydroxylation is 1. The van der Waals surface area contributed by atoms with Gasteiger partial charge in [-0.2, -0.15) is 10.4 Å². The molecule has 2 aromatic carbocycles. The van der Waals surface area contributed by atoms with Crippen molar-refractivity contribution in [2.75, 3.05) is 49.9 Å². The molecule has 1 atom stereocenters. The fourth-order valence-corrected chi connectivity index (χ4v) is 6.57. The Hall–Kier alpha value is -5.38. The summed E-state index contributed by atoms with van der Waals surface area (Å²) in [6, 6.07) is 16.8. The number of likely N-dealkylation sites (tertiary alicyclic amines) is 1. The van der Waals surface area contributed by atoms with Gasteiger partial charge in [0.25, 0.3) is 0 Å². The van der Waals surface area contributed by atoms with Crippen LogP contribution in [0.2, 0.25) is 5.02 Å². The van der Waals surface area contributed by atoms with E-state index in [1.165, 1.54) is 17.8 Å². The van der Waals surface area contributed by atoms with Crippen molar-refractivity contribution in [2.45, 2.75) is 19.8 Å². The first-order valence-electron chi connectivity index (χ1n) is 16.2. The van der Waals surface area contributed by atoms with Crippen LogP contribution >= 0.6 is 11.6 Å². The number of nitrogens with one attached hydrogen (secondary N) is 1. The summed E-state index contributed by atoms with van der Waals surface area (Å²) < 4.78 is 1.68. The minimum absolute atomic E-state index is 0.0295. The Balaban J connectivity index is 1.05. The van der Waals surface area contributed by atoms with Crippen molar-refractivity contribution in [3.63, 3.8) is 0 Å². The molecule has 0 radical (unpaired) electrons. The van der Waals surface area contributed by atoms with Crippen LogP contribution < -0.4 is 10.6 Å². The Kier molecular flexibility index (Phi) is 9.85. The fourth-order valence-electron chi connectivity index (χ4n) is 6.36. The first-order chi connectivity index (χ1) is 23.6. The molecule has 4 aromatic rings. The monoisotopic (exact) mass is 676 g/mol. The number of benzene rings is 2. The summed E-state index contributed by atoms with van der Waals surface area (Å²) in [5.41, 5.74) is 11.6. The van der Waals surface area contributed by atoms with Gasteiger partial charge in [-0.05, 0) is 61.7 Å². The lowest BCUT2D eigenvalue weighted by molar-refractivity contribution is -0.132. The molecule has 6 rings (SSSR count). The highest BCUT2D eigenvalue weighted by atomic mass is 35.5. The summed E-state index contributed by atoms with van der Waals surface area (Å²) in [4.78, 5) is 41.1. The van der Waals surface area contributed by atoms with E-state index in [1.54, 1.807) is 34.1 Å². The van der Waals surface area contributed by atoms with Gasteiger partial charge in [-0.15, -0.1) is 0 Å². The molecule has 2 aromatic heterocycles. The van der Waals surface area contributed by atoms with Crippen LogP contribution in [0.5, 0.6) is 0 Å². The molecule has 2 amide bonds. The number of pyridine rings is 1. The van der Waals surface area contributed by atoms with E-state index in [9.17, 15) is 9.59 Å². The smallest absolute Gasteiger partial charge is 0.237 e. The number of carbonyl (C=O) groups excluding carboxylic acids is 2. The number of rotatable bonds is 9. The van der Waals surface area contributed by atoms with Crippen LogP contribution in [-0.4, -0.2) is 86.3 Å². The van der Waals surface area contributed by atoms with E-state index in [4.69, 9.17) is 28.0 Å². The highest BCUT2D eigenvalue weighted by Crippen LogP contribution is 2.29. The summed E-state index contributed by atoms with van der Waals surface area (Å²) in [6.07, 6.45) is 6.65. The zero-order valence-electron chi connectivity index (χ0n) is 27.4. The number of anilines is 2. The van der Waals surface area contributed by atoms with Crippen LogP contribution in [0.1, 0.15) is 42.1 Å². The normalized spacial score (nSPS) is 16.2. The van der Waals surface area contributed by atoms with Gasteiger partial charge < -0.3 is 15.5 Å². The van der Waals surface area contributed by atoms with Crippen molar-refractivity contribution in [3.05, 3.63) is 94.5 Å². The standard InChI is InChI=1S/C36H37ClN10O2/c1-3-47(28-8-9-31(39)29(17-28)34(40)27-16-30(37)32(18-38)41-19-27)36(49)26-10-13-45(20-26)21-33(48)46-14-11-24(12-15-46)23-4-6-25(7-5-23)35-42-22-44(2)43-35/h4-9,11,16-17,19,22,26,40H,3,10,12-15,20-21,39H2,1-2H3/t26-/m1/s1. The maximum Gasteiger partial charge on any atom is 0.237 e. The number of amides is 2. The van der Waals surface area contributed by atoms with Gasteiger partial charge in [0, 0.05) is 67.5 Å². The van der Waals surface area contributed by atoms with Gasteiger partial charge in [0.2, 0.25) is 11.8 Å². The summed E-state index contributed by atoms with van der Waals surface area (Å²) in [6.45, 7) is 4.97. The van der Waals surface area contributed by atoms with Crippen molar-refractivity contribution in [3.8, 4) is 17.5 Å². The van der Waals surface area contributed by atoms with Crippen LogP contribution in [0.15, 0.2) is 67.1 Å². The molecule has 2 aliphatic heterocycles. The lowest BCUT2D eigenvalue weighted by Gasteiger charge is -2.29. The number of nitrogen functional groups attached to an aromatic ring is 1. The van der Waals surface area contributed by atoms with Crippen molar-refractivity contribution < 1.29 is 9.59 Å². The minimum atomic E-state index is -0.258. The number of nitrogens with two attached hydrogens (primary N) is 1. The second kappa shape index (κ2) is 14.4. The van der Waals surface area contributed by atoms with Gasteiger partial charge >= 0.3 is 0 Å². The van der Waals surface area contributed by atoms with Gasteiger partial charge in [-0.25, -0.2) is 9.97 Å². The number of carbonyl (C=O) groups is 2. The number of halogens is 1. The van der Waals surface area contributed by atoms with Gasteiger partial charge in [0.15, 0.2) is 11.5 Å². The summed E-state index contributed by atoms with van der Waals surface area (Å²) in [5.74, 6) is 0.467. The molecule has 0 aliphatic carbocycles. The predicted molar refractivity (Wildman–Crippen MR) is 189 cm³/mol. The maximum atomic E-state index is 13.8. The van der Waals surface area contributed by atoms with E-state index in [0.29, 0.717) is 67.5 Å². The van der Waals surface area contributed by atoms with Crippen molar-refractivity contribution in [1.82, 2.24) is 29.5 Å². The minimum Gasteiger partial charge on any atom is -0.398 e. The molecule has 0 bridgehead atoms. The number of aromatic nitrogens is 4. The summed E-state index contributed by atoms with van der Waals surface area (Å²) in [7, 11) is 1.84. The van der Waals surface area contributed by atoms with E-state index < -0.39 is 0 Å². The molecule has 4 heterocycles. The van der Waals surface area contributed by atoms with Crippen LogP contribution in [0, 0.1) is 22.7 Å². The fraction of sp³-hybridized carbons (Fsp3) is 0.306. The molecule has 0 saturated carbocycles. The van der Waals surface area contributed by atoms with Crippen LogP contribution in [0.25, 0.3) is 17.0 Å². The Labute approximate surface area is 289 Å². The molecule has 250 valence electrons. The van der Waals surface area contributed by atoms with E-state index >= 15 is 0 Å². The highest BCUT2D eigenvalue weighted by Gasteiger charge is 2.33. The second-order valence-electron chi connectivity index (χ2n) is 12.3. The quantitative estimate of drug-likeness (QED) is 0.195. The van der Waals surface area contributed by atoms with Crippen LogP contribution in [0.3, 0.4) is 0 Å². The van der Waals surface area contributed by atoms with E-state index in [2.05, 4.69) is 38.2 Å². The number of hydrogen-bond acceptors (Lipinski definition) is 9. The first kappa shape index (κ1) is 33.5. The zero-order chi connectivity index (χ0) is 34.7. The Morgan fingerprint density at radius 1 is 1.12 bits per heavy atom. The summed E-state index contributed by atoms with van der Waals surface area (Å²) in [5, 5.41) is 22.4. The molecular formula is C36H37ClN10O2. The molecular weight excluding hydrogens is 640 g/mol. The van der Waals surface area contributed by atoms with E-state index in [-0.39, 0.29) is 40.7 Å². The molecule has 12 nitrogen and oxygen atoms in total. The Morgan fingerprint density at radius 2 is 1.90 bits per heavy atom. The van der Waals surface area contributed by atoms with E-state index in [0.717, 1.165) is 17.5 Å². The zero-order valence-corrected chi connectivity index (χ0v) is 28.2. The van der Waals surface area contributed by atoms with Crippen molar-refractivity contribution >= 4 is 46.1 Å². The van der Waals surface area contributed by atoms with Crippen molar-refractivity contribution in [2.24, 2.45) is 13.0 Å². The molecule has 13 heteroatoms. The highest BCUT2D eigenvalue weighted by molar-refractivity contribution is 6.32. The van der Waals surface area contributed by atoms with Gasteiger partial charge in [0.1, 0.15) is 12.4 Å². The number of nitriles is 1. The summed E-state index contributed by atoms with van der Waals surface area (Å²) >= 11 is 6.16. The third kappa shape index (κ3) is 7.23. The van der Waals surface area contributed by atoms with Gasteiger partial charge in [0.05, 0.1) is 23.2 Å². The number of nitrogens with zero attached hydrogens (tertiary/aromatic N) is 8. The Bertz CT molecular complexity index is 1980. The second-order valence-corrected chi connectivity index (χ2v) is 12.7. The third-order valence-electron chi connectivity index (χ3n) is 9.09. The molecule has 0 unspecified atom stereocenters. The lowest BCUT2D eigenvalue weighted by Crippen LogP contribution is -2.42. The molecule has 0 spiro atoms. The number of hydrogen-bond donors (Lipinski definition) is 2. The van der Waals surface area contributed by atoms with Gasteiger partial charge in [-0.1, -0.05) is 41.9 Å².